The van der Waals surface area contributed by atoms with Gasteiger partial charge in [0.05, 0.1) is 18.2 Å². The van der Waals surface area contributed by atoms with E-state index in [9.17, 15) is 4.79 Å². The Bertz CT molecular complexity index is 719. The highest BCUT2D eigenvalue weighted by Crippen LogP contribution is 2.26. The van der Waals surface area contributed by atoms with E-state index in [4.69, 9.17) is 16.1 Å². The average molecular weight is 362 g/mol. The molecule has 1 aliphatic heterocycles. The predicted molar refractivity (Wildman–Crippen MR) is 97.7 cm³/mol. The zero-order valence-electron chi connectivity index (χ0n) is 14.7. The van der Waals surface area contributed by atoms with E-state index in [-0.39, 0.29) is 11.9 Å². The Hall–Kier alpha value is -1.85. The summed E-state index contributed by atoms with van der Waals surface area (Å²) in [6, 6.07) is 8.06. The number of halogens is 1. The molecule has 1 saturated heterocycles. The van der Waals surface area contributed by atoms with Crippen molar-refractivity contribution >= 4 is 17.5 Å². The van der Waals surface area contributed by atoms with Crippen molar-refractivity contribution in [3.8, 4) is 0 Å². The zero-order valence-corrected chi connectivity index (χ0v) is 15.5. The molecule has 1 aliphatic rings. The molecule has 0 bridgehead atoms. The van der Waals surface area contributed by atoms with Crippen molar-refractivity contribution in [2.45, 2.75) is 39.2 Å². The van der Waals surface area contributed by atoms with Gasteiger partial charge in [-0.3, -0.25) is 9.69 Å². The molecule has 2 heterocycles. The number of aryl methyl sites for hydroxylation is 2. The van der Waals surface area contributed by atoms with Crippen molar-refractivity contribution in [2.24, 2.45) is 0 Å². The van der Waals surface area contributed by atoms with Gasteiger partial charge in [-0.25, -0.2) is 0 Å². The van der Waals surface area contributed by atoms with E-state index in [2.05, 4.69) is 21.4 Å². The molecule has 1 aromatic carbocycles. The minimum atomic E-state index is -0.0133. The molecule has 1 amide bonds. The summed E-state index contributed by atoms with van der Waals surface area (Å²) >= 11 is 6.16. The predicted octanol–water partition coefficient (Wildman–Crippen LogP) is 3.44. The number of benzene rings is 1. The van der Waals surface area contributed by atoms with Crippen LogP contribution in [0.15, 0.2) is 28.8 Å². The second-order valence-electron chi connectivity index (χ2n) is 6.60. The molecule has 134 valence electrons. The van der Waals surface area contributed by atoms with Gasteiger partial charge in [-0.1, -0.05) is 28.9 Å². The SMILES string of the molecule is Cc1noc(C)c1CC(=O)NCC(c1cccc(Cl)c1)N1CCCC1. The van der Waals surface area contributed by atoms with Crippen molar-refractivity contribution in [2.75, 3.05) is 19.6 Å². The summed E-state index contributed by atoms with van der Waals surface area (Å²) in [5, 5.41) is 7.71. The van der Waals surface area contributed by atoms with Gasteiger partial charge in [-0.15, -0.1) is 0 Å². The van der Waals surface area contributed by atoms with Crippen LogP contribution in [0.4, 0.5) is 0 Å². The number of hydrogen-bond acceptors (Lipinski definition) is 4. The monoisotopic (exact) mass is 361 g/mol. The number of hydrogen-bond donors (Lipinski definition) is 1. The minimum Gasteiger partial charge on any atom is -0.361 e. The molecule has 1 atom stereocenters. The first-order valence-electron chi connectivity index (χ1n) is 8.72. The molecule has 2 aromatic rings. The Kier molecular flexibility index (Phi) is 5.76. The lowest BCUT2D eigenvalue weighted by atomic mass is 10.0. The Balaban J connectivity index is 1.67. The molecule has 0 spiro atoms. The van der Waals surface area contributed by atoms with Crippen molar-refractivity contribution in [3.63, 3.8) is 0 Å². The fourth-order valence-electron chi connectivity index (χ4n) is 3.41. The Morgan fingerprint density at radius 3 is 2.76 bits per heavy atom. The Morgan fingerprint density at radius 1 is 1.36 bits per heavy atom. The molecule has 5 nitrogen and oxygen atoms in total. The molecule has 1 fully saturated rings. The van der Waals surface area contributed by atoms with Crippen LogP contribution in [0.3, 0.4) is 0 Å². The van der Waals surface area contributed by atoms with Gasteiger partial charge in [0.15, 0.2) is 0 Å². The summed E-state index contributed by atoms with van der Waals surface area (Å²) in [6.45, 7) is 6.37. The molecule has 0 saturated carbocycles. The summed E-state index contributed by atoms with van der Waals surface area (Å²) in [5.41, 5.74) is 2.80. The van der Waals surface area contributed by atoms with Crippen LogP contribution >= 0.6 is 11.6 Å². The molecular weight excluding hydrogens is 338 g/mol. The molecule has 1 unspecified atom stereocenters. The number of likely N-dealkylation sites (tertiary alicyclic amines) is 1. The fourth-order valence-corrected chi connectivity index (χ4v) is 3.61. The van der Waals surface area contributed by atoms with E-state index in [1.165, 1.54) is 12.8 Å². The topological polar surface area (TPSA) is 58.4 Å². The molecule has 3 rings (SSSR count). The van der Waals surface area contributed by atoms with E-state index in [0.29, 0.717) is 18.7 Å². The van der Waals surface area contributed by atoms with Gasteiger partial charge >= 0.3 is 0 Å². The second kappa shape index (κ2) is 8.02. The van der Waals surface area contributed by atoms with E-state index in [1.54, 1.807) is 0 Å². The highest BCUT2D eigenvalue weighted by Gasteiger charge is 2.24. The van der Waals surface area contributed by atoms with Crippen LogP contribution in [0.5, 0.6) is 0 Å². The third-order valence-corrected chi connectivity index (χ3v) is 5.06. The van der Waals surface area contributed by atoms with Gasteiger partial charge in [0.1, 0.15) is 5.76 Å². The third-order valence-electron chi connectivity index (χ3n) is 4.83. The van der Waals surface area contributed by atoms with Gasteiger partial charge in [-0.2, -0.15) is 0 Å². The van der Waals surface area contributed by atoms with Gasteiger partial charge < -0.3 is 9.84 Å². The second-order valence-corrected chi connectivity index (χ2v) is 7.03. The standard InChI is InChI=1S/C19H24ClN3O2/c1-13-17(14(2)25-22-13)11-19(24)21-12-18(23-8-3-4-9-23)15-6-5-7-16(20)10-15/h5-7,10,18H,3-4,8-9,11-12H2,1-2H3,(H,21,24). The van der Waals surface area contributed by atoms with Crippen LogP contribution in [-0.2, 0) is 11.2 Å². The van der Waals surface area contributed by atoms with Crippen LogP contribution in [-0.4, -0.2) is 35.6 Å². The van der Waals surface area contributed by atoms with Crippen molar-refractivity contribution < 1.29 is 9.32 Å². The lowest BCUT2D eigenvalue weighted by molar-refractivity contribution is -0.120. The lowest BCUT2D eigenvalue weighted by Crippen LogP contribution is -2.37. The molecule has 0 radical (unpaired) electrons. The smallest absolute Gasteiger partial charge is 0.224 e. The number of aromatic nitrogens is 1. The molecule has 0 aliphatic carbocycles. The summed E-state index contributed by atoms with van der Waals surface area (Å²) in [7, 11) is 0. The molecule has 6 heteroatoms. The highest BCUT2D eigenvalue weighted by atomic mass is 35.5. The van der Waals surface area contributed by atoms with E-state index >= 15 is 0 Å². The number of nitrogens with one attached hydrogen (secondary N) is 1. The van der Waals surface area contributed by atoms with E-state index in [0.717, 1.165) is 34.9 Å². The number of rotatable bonds is 6. The maximum Gasteiger partial charge on any atom is 0.224 e. The van der Waals surface area contributed by atoms with Gasteiger partial charge in [0, 0.05) is 17.1 Å². The highest BCUT2D eigenvalue weighted by molar-refractivity contribution is 6.30. The van der Waals surface area contributed by atoms with E-state index < -0.39 is 0 Å². The average Bonchev–Trinajstić information content (AvgIpc) is 3.21. The first kappa shape index (κ1) is 18.0. The minimum absolute atomic E-state index is 0.0133. The number of nitrogens with zero attached hydrogens (tertiary/aromatic N) is 2. The van der Waals surface area contributed by atoms with Gasteiger partial charge in [-0.05, 0) is 57.5 Å². The first-order valence-corrected chi connectivity index (χ1v) is 9.10. The largest absolute Gasteiger partial charge is 0.361 e. The van der Waals surface area contributed by atoms with Crippen LogP contribution in [0.1, 0.15) is 41.5 Å². The van der Waals surface area contributed by atoms with Crippen LogP contribution < -0.4 is 5.32 Å². The maximum absolute atomic E-state index is 12.4. The quantitative estimate of drug-likeness (QED) is 0.856. The summed E-state index contributed by atoms with van der Waals surface area (Å²) in [5.74, 6) is 0.694. The third kappa shape index (κ3) is 4.41. The van der Waals surface area contributed by atoms with Gasteiger partial charge in [0.2, 0.25) is 5.91 Å². The summed E-state index contributed by atoms with van der Waals surface area (Å²) < 4.78 is 5.13. The van der Waals surface area contributed by atoms with E-state index in [1.807, 2.05) is 32.0 Å². The Labute approximate surface area is 153 Å². The normalized spacial score (nSPS) is 16.1. The van der Waals surface area contributed by atoms with Crippen LogP contribution in [0.25, 0.3) is 0 Å². The van der Waals surface area contributed by atoms with Crippen molar-refractivity contribution in [1.29, 1.82) is 0 Å². The van der Waals surface area contributed by atoms with Gasteiger partial charge in [0.25, 0.3) is 0 Å². The lowest BCUT2D eigenvalue weighted by Gasteiger charge is -2.28. The maximum atomic E-state index is 12.4. The summed E-state index contributed by atoms with van der Waals surface area (Å²) in [6.07, 6.45) is 2.69. The molecule has 1 N–H and O–H groups in total. The molecule has 25 heavy (non-hydrogen) atoms. The number of amides is 1. The van der Waals surface area contributed by atoms with Crippen molar-refractivity contribution in [1.82, 2.24) is 15.4 Å². The summed E-state index contributed by atoms with van der Waals surface area (Å²) in [4.78, 5) is 14.8. The first-order chi connectivity index (χ1) is 12.0. The Morgan fingerprint density at radius 2 is 2.12 bits per heavy atom. The van der Waals surface area contributed by atoms with Crippen LogP contribution in [0, 0.1) is 13.8 Å². The zero-order chi connectivity index (χ0) is 17.8. The number of carbonyl (C=O) groups excluding carboxylic acids is 1. The van der Waals surface area contributed by atoms with Crippen LogP contribution in [0.2, 0.25) is 5.02 Å². The fraction of sp³-hybridized carbons (Fsp3) is 0.474. The van der Waals surface area contributed by atoms with Crippen molar-refractivity contribution in [3.05, 3.63) is 51.9 Å². The number of carbonyl (C=O) groups is 1. The molecular formula is C19H24ClN3O2. The molecule has 1 aromatic heterocycles.